The summed E-state index contributed by atoms with van der Waals surface area (Å²) in [5, 5.41) is 3.43. The highest BCUT2D eigenvalue weighted by Crippen LogP contribution is 2.41. The summed E-state index contributed by atoms with van der Waals surface area (Å²) in [5.74, 6) is 6.55. The van der Waals surface area contributed by atoms with Gasteiger partial charge in [-0.1, -0.05) is 19.8 Å². The van der Waals surface area contributed by atoms with E-state index in [-0.39, 0.29) is 0 Å². The van der Waals surface area contributed by atoms with Gasteiger partial charge >= 0.3 is 0 Å². The summed E-state index contributed by atoms with van der Waals surface area (Å²) in [6.45, 7) is 3.23. The van der Waals surface area contributed by atoms with E-state index < -0.39 is 0 Å². The third-order valence-electron chi connectivity index (χ3n) is 3.92. The maximum Gasteiger partial charge on any atom is 0.239 e. The fourth-order valence-corrected chi connectivity index (χ4v) is 2.94. The Balaban J connectivity index is 2.05. The molecule has 18 heavy (non-hydrogen) atoms. The standard InChI is InChI=1S/C12H20BrN5/c1-2-12(5-3-4-6-12)8-16-10-9(13)7-15-11(17-10)18-14/h7H,2-6,8,14H2,1H3,(H2,15,16,17,18). The van der Waals surface area contributed by atoms with Crippen LogP contribution in [0.5, 0.6) is 0 Å². The van der Waals surface area contributed by atoms with E-state index in [0.717, 1.165) is 16.8 Å². The van der Waals surface area contributed by atoms with Gasteiger partial charge in [0.25, 0.3) is 0 Å². The first kappa shape index (κ1) is 13.5. The third-order valence-corrected chi connectivity index (χ3v) is 4.50. The Morgan fingerprint density at radius 3 is 2.78 bits per heavy atom. The summed E-state index contributed by atoms with van der Waals surface area (Å²) in [7, 11) is 0. The van der Waals surface area contributed by atoms with Crippen LogP contribution in [-0.2, 0) is 0 Å². The van der Waals surface area contributed by atoms with Crippen LogP contribution in [-0.4, -0.2) is 16.5 Å². The Bertz CT molecular complexity index is 403. The number of anilines is 2. The van der Waals surface area contributed by atoms with Crippen LogP contribution in [0.25, 0.3) is 0 Å². The van der Waals surface area contributed by atoms with E-state index in [1.165, 1.54) is 32.1 Å². The van der Waals surface area contributed by atoms with Crippen LogP contribution in [0.2, 0.25) is 0 Å². The molecule has 1 aliphatic carbocycles. The van der Waals surface area contributed by atoms with Gasteiger partial charge in [-0.05, 0) is 40.6 Å². The number of nitrogens with zero attached hydrogens (tertiary/aromatic N) is 2. The van der Waals surface area contributed by atoms with Crippen molar-refractivity contribution in [1.82, 2.24) is 9.97 Å². The SMILES string of the molecule is CCC1(CNc2nc(NN)ncc2Br)CCCC1. The minimum Gasteiger partial charge on any atom is -0.368 e. The molecule has 0 spiro atoms. The van der Waals surface area contributed by atoms with Crippen LogP contribution in [0.4, 0.5) is 11.8 Å². The molecule has 1 aliphatic rings. The largest absolute Gasteiger partial charge is 0.368 e. The van der Waals surface area contributed by atoms with Crippen molar-refractivity contribution in [3.8, 4) is 0 Å². The molecule has 0 radical (unpaired) electrons. The van der Waals surface area contributed by atoms with Crippen molar-refractivity contribution in [1.29, 1.82) is 0 Å². The smallest absolute Gasteiger partial charge is 0.239 e. The number of nitrogens with one attached hydrogen (secondary N) is 2. The van der Waals surface area contributed by atoms with Crippen molar-refractivity contribution in [3.05, 3.63) is 10.7 Å². The van der Waals surface area contributed by atoms with Crippen LogP contribution in [0.15, 0.2) is 10.7 Å². The highest BCUT2D eigenvalue weighted by atomic mass is 79.9. The van der Waals surface area contributed by atoms with E-state index in [1.54, 1.807) is 6.20 Å². The van der Waals surface area contributed by atoms with Crippen LogP contribution in [0, 0.1) is 5.41 Å². The second-order valence-electron chi connectivity index (χ2n) is 4.95. The molecular formula is C12H20BrN5. The Morgan fingerprint density at radius 2 is 2.17 bits per heavy atom. The fraction of sp³-hybridized carbons (Fsp3) is 0.667. The predicted octanol–water partition coefficient (Wildman–Crippen LogP) is 2.91. The number of hydrogen-bond donors (Lipinski definition) is 3. The van der Waals surface area contributed by atoms with Crippen molar-refractivity contribution in [2.24, 2.45) is 11.3 Å². The van der Waals surface area contributed by atoms with E-state index in [4.69, 9.17) is 5.84 Å². The fourth-order valence-electron chi connectivity index (χ4n) is 2.61. The summed E-state index contributed by atoms with van der Waals surface area (Å²) < 4.78 is 0.866. The predicted molar refractivity (Wildman–Crippen MR) is 77.2 cm³/mol. The highest BCUT2D eigenvalue weighted by molar-refractivity contribution is 9.10. The molecule has 4 N–H and O–H groups in total. The molecule has 100 valence electrons. The maximum atomic E-state index is 5.32. The van der Waals surface area contributed by atoms with Crippen LogP contribution < -0.4 is 16.6 Å². The Labute approximate surface area is 116 Å². The zero-order chi connectivity index (χ0) is 13.0. The molecular weight excluding hydrogens is 294 g/mol. The number of halogens is 1. The highest BCUT2D eigenvalue weighted by Gasteiger charge is 2.31. The molecule has 0 atom stereocenters. The average Bonchev–Trinajstić information content (AvgIpc) is 2.87. The summed E-state index contributed by atoms with van der Waals surface area (Å²) in [5.41, 5.74) is 2.89. The van der Waals surface area contributed by atoms with Crippen molar-refractivity contribution >= 4 is 27.7 Å². The number of hydrazine groups is 1. The molecule has 1 aromatic heterocycles. The Kier molecular flexibility index (Phi) is 4.40. The molecule has 6 heteroatoms. The van der Waals surface area contributed by atoms with Gasteiger partial charge < -0.3 is 5.32 Å². The number of hydrogen-bond acceptors (Lipinski definition) is 5. The molecule has 0 amide bonds. The van der Waals surface area contributed by atoms with Crippen LogP contribution in [0.1, 0.15) is 39.0 Å². The van der Waals surface area contributed by atoms with Gasteiger partial charge in [0, 0.05) is 12.7 Å². The molecule has 1 aromatic rings. The van der Waals surface area contributed by atoms with Crippen LogP contribution >= 0.6 is 15.9 Å². The van der Waals surface area contributed by atoms with Gasteiger partial charge in [-0.25, -0.2) is 10.8 Å². The molecule has 5 nitrogen and oxygen atoms in total. The lowest BCUT2D eigenvalue weighted by Gasteiger charge is -2.28. The van der Waals surface area contributed by atoms with E-state index in [1.807, 2.05) is 0 Å². The number of nitrogen functional groups attached to an aromatic ring is 1. The lowest BCUT2D eigenvalue weighted by Crippen LogP contribution is -2.26. The molecule has 0 aliphatic heterocycles. The van der Waals surface area contributed by atoms with Crippen molar-refractivity contribution < 1.29 is 0 Å². The molecule has 1 fully saturated rings. The lowest BCUT2D eigenvalue weighted by atomic mass is 9.83. The molecule has 0 aromatic carbocycles. The number of aromatic nitrogens is 2. The number of rotatable bonds is 5. The van der Waals surface area contributed by atoms with Gasteiger partial charge in [0.05, 0.1) is 4.47 Å². The van der Waals surface area contributed by atoms with E-state index in [2.05, 4.69) is 43.6 Å². The van der Waals surface area contributed by atoms with Gasteiger partial charge in [-0.15, -0.1) is 0 Å². The second-order valence-corrected chi connectivity index (χ2v) is 5.80. The van der Waals surface area contributed by atoms with Crippen molar-refractivity contribution in [3.63, 3.8) is 0 Å². The van der Waals surface area contributed by atoms with E-state index in [9.17, 15) is 0 Å². The number of nitrogens with two attached hydrogens (primary N) is 1. The molecule has 2 rings (SSSR count). The topological polar surface area (TPSA) is 75.9 Å². The monoisotopic (exact) mass is 313 g/mol. The van der Waals surface area contributed by atoms with Crippen molar-refractivity contribution in [2.75, 3.05) is 17.3 Å². The summed E-state index contributed by atoms with van der Waals surface area (Å²) in [4.78, 5) is 8.35. The van der Waals surface area contributed by atoms with Gasteiger partial charge in [-0.3, -0.25) is 5.43 Å². The van der Waals surface area contributed by atoms with Crippen molar-refractivity contribution in [2.45, 2.75) is 39.0 Å². The first-order chi connectivity index (χ1) is 8.69. The zero-order valence-corrected chi connectivity index (χ0v) is 12.3. The van der Waals surface area contributed by atoms with Gasteiger partial charge in [0.1, 0.15) is 5.82 Å². The summed E-state index contributed by atoms with van der Waals surface area (Å²) >= 11 is 3.45. The third kappa shape index (κ3) is 2.92. The first-order valence-electron chi connectivity index (χ1n) is 6.42. The van der Waals surface area contributed by atoms with E-state index in [0.29, 0.717) is 11.4 Å². The second kappa shape index (κ2) is 5.84. The first-order valence-corrected chi connectivity index (χ1v) is 7.21. The van der Waals surface area contributed by atoms with E-state index >= 15 is 0 Å². The summed E-state index contributed by atoms with van der Waals surface area (Å²) in [6, 6.07) is 0. The molecule has 0 bridgehead atoms. The quantitative estimate of drug-likeness (QED) is 0.575. The minimum atomic E-state index is 0.428. The normalized spacial score (nSPS) is 17.7. The molecule has 0 saturated heterocycles. The van der Waals surface area contributed by atoms with Gasteiger partial charge in [0.15, 0.2) is 0 Å². The zero-order valence-electron chi connectivity index (χ0n) is 10.7. The Morgan fingerprint density at radius 1 is 1.44 bits per heavy atom. The lowest BCUT2D eigenvalue weighted by molar-refractivity contribution is 0.306. The van der Waals surface area contributed by atoms with Crippen LogP contribution in [0.3, 0.4) is 0 Å². The summed E-state index contributed by atoms with van der Waals surface area (Å²) in [6.07, 6.45) is 8.22. The van der Waals surface area contributed by atoms with Gasteiger partial charge in [0.2, 0.25) is 5.95 Å². The Hall–Kier alpha value is -0.880. The average molecular weight is 314 g/mol. The molecule has 1 saturated carbocycles. The molecule has 1 heterocycles. The maximum absolute atomic E-state index is 5.32. The minimum absolute atomic E-state index is 0.428. The van der Waals surface area contributed by atoms with Gasteiger partial charge in [-0.2, -0.15) is 4.98 Å². The molecule has 0 unspecified atom stereocenters.